The highest BCUT2D eigenvalue weighted by Crippen LogP contribution is 2.36. The van der Waals surface area contributed by atoms with Gasteiger partial charge in [-0.05, 0) is 62.9 Å². The van der Waals surface area contributed by atoms with Gasteiger partial charge in [0.2, 0.25) is 0 Å². The Morgan fingerprint density at radius 3 is 2.31 bits per heavy atom. The van der Waals surface area contributed by atoms with Gasteiger partial charge in [0.15, 0.2) is 0 Å². The number of nitrogen functional groups attached to an aromatic ring is 1. The molecule has 0 bridgehead atoms. The molecule has 0 atom stereocenters. The van der Waals surface area contributed by atoms with Crippen LogP contribution >= 0.6 is 12.2 Å². The Morgan fingerprint density at radius 2 is 1.69 bits per heavy atom. The lowest BCUT2D eigenvalue weighted by Crippen LogP contribution is -2.49. The zero-order chi connectivity index (χ0) is 25.0. The molecule has 2 fully saturated rings. The summed E-state index contributed by atoms with van der Waals surface area (Å²) in [5.41, 5.74) is 7.39. The SMILES string of the molecule is Cc1ccc(N2CCN(C(=S)COC3CCC(Nc4ccc(N)c(C(F)(F)F)c4)CC3)CC2)cc1. The summed E-state index contributed by atoms with van der Waals surface area (Å²) in [5, 5.41) is 3.23. The first-order valence-corrected chi connectivity index (χ1v) is 12.5. The lowest BCUT2D eigenvalue weighted by molar-refractivity contribution is -0.136. The molecule has 0 spiro atoms. The molecule has 5 nitrogen and oxygen atoms in total. The number of alkyl halides is 3. The molecule has 2 aromatic carbocycles. The van der Waals surface area contributed by atoms with E-state index < -0.39 is 11.7 Å². The lowest BCUT2D eigenvalue weighted by atomic mass is 9.92. The standard InChI is InChI=1S/C26H33F3N4OS/c1-18-2-7-21(8-3-18)32-12-14-33(15-13-32)25(35)17-34-22-9-4-19(5-10-22)31-20-6-11-24(30)23(16-20)26(27,28)29/h2-3,6-8,11,16,19,22,31H,4-5,9-10,12-15,17,30H2,1H3. The molecule has 1 heterocycles. The molecule has 3 N–H and O–H groups in total. The van der Waals surface area contributed by atoms with Gasteiger partial charge >= 0.3 is 6.18 Å². The highest BCUT2D eigenvalue weighted by atomic mass is 32.1. The minimum Gasteiger partial charge on any atom is -0.398 e. The summed E-state index contributed by atoms with van der Waals surface area (Å²) < 4.78 is 45.4. The Bertz CT molecular complexity index is 999. The molecule has 1 aliphatic heterocycles. The van der Waals surface area contributed by atoms with Gasteiger partial charge < -0.3 is 25.6 Å². The number of anilines is 3. The number of rotatable bonds is 6. The van der Waals surface area contributed by atoms with Gasteiger partial charge in [-0.2, -0.15) is 13.2 Å². The second-order valence-electron chi connectivity index (χ2n) is 9.43. The number of ether oxygens (including phenoxy) is 1. The van der Waals surface area contributed by atoms with Crippen molar-refractivity contribution in [1.82, 2.24) is 4.90 Å². The van der Waals surface area contributed by atoms with E-state index in [1.807, 2.05) is 0 Å². The van der Waals surface area contributed by atoms with Crippen LogP contribution in [-0.4, -0.2) is 54.8 Å². The third-order valence-electron chi connectivity index (χ3n) is 6.88. The Balaban J connectivity index is 1.17. The number of piperazine rings is 1. The van der Waals surface area contributed by atoms with Crippen LogP contribution in [0.4, 0.5) is 30.2 Å². The van der Waals surface area contributed by atoms with Crippen molar-refractivity contribution in [2.75, 3.05) is 48.7 Å². The number of nitrogens with one attached hydrogen (secondary N) is 1. The quantitative estimate of drug-likeness (QED) is 0.400. The molecule has 0 radical (unpaired) electrons. The number of aryl methyl sites for hydroxylation is 1. The van der Waals surface area contributed by atoms with Crippen molar-refractivity contribution < 1.29 is 17.9 Å². The third-order valence-corrected chi connectivity index (χ3v) is 7.25. The first-order chi connectivity index (χ1) is 16.7. The van der Waals surface area contributed by atoms with Crippen LogP contribution in [0.1, 0.15) is 36.8 Å². The van der Waals surface area contributed by atoms with Crippen molar-refractivity contribution in [3.8, 4) is 0 Å². The maximum absolute atomic E-state index is 13.1. The molecular formula is C26H33F3N4OS. The van der Waals surface area contributed by atoms with Crippen molar-refractivity contribution in [3.05, 3.63) is 53.6 Å². The maximum Gasteiger partial charge on any atom is 0.418 e. The van der Waals surface area contributed by atoms with Gasteiger partial charge in [0.25, 0.3) is 0 Å². The number of benzene rings is 2. The fourth-order valence-electron chi connectivity index (χ4n) is 4.75. The predicted molar refractivity (Wildman–Crippen MR) is 139 cm³/mol. The van der Waals surface area contributed by atoms with Gasteiger partial charge in [0.05, 0.1) is 18.3 Å². The Labute approximate surface area is 210 Å². The maximum atomic E-state index is 13.1. The Hall–Kier alpha value is -2.52. The minimum atomic E-state index is -4.46. The van der Waals surface area contributed by atoms with Gasteiger partial charge in [-0.1, -0.05) is 29.9 Å². The first kappa shape index (κ1) is 25.6. The summed E-state index contributed by atoms with van der Waals surface area (Å²) in [6, 6.07) is 12.7. The summed E-state index contributed by atoms with van der Waals surface area (Å²) in [7, 11) is 0. The van der Waals surface area contributed by atoms with Gasteiger partial charge in [-0.25, -0.2) is 0 Å². The van der Waals surface area contributed by atoms with Gasteiger partial charge in [0.1, 0.15) is 4.99 Å². The van der Waals surface area contributed by atoms with E-state index in [2.05, 4.69) is 46.3 Å². The van der Waals surface area contributed by atoms with Crippen LogP contribution in [0.5, 0.6) is 0 Å². The van der Waals surface area contributed by atoms with Gasteiger partial charge in [-0.15, -0.1) is 0 Å². The third kappa shape index (κ3) is 6.79. The van der Waals surface area contributed by atoms with Crippen molar-refractivity contribution >= 4 is 34.3 Å². The number of thiocarbonyl (C=S) groups is 1. The number of hydrogen-bond donors (Lipinski definition) is 2. The molecule has 4 rings (SSSR count). The van der Waals surface area contributed by atoms with E-state index in [9.17, 15) is 13.2 Å². The molecule has 1 saturated heterocycles. The fraction of sp³-hybridized carbons (Fsp3) is 0.500. The summed E-state index contributed by atoms with van der Waals surface area (Å²) in [4.78, 5) is 5.45. The predicted octanol–water partition coefficient (Wildman–Crippen LogP) is 5.49. The van der Waals surface area contributed by atoms with E-state index in [1.165, 1.54) is 17.3 Å². The molecule has 9 heteroatoms. The molecule has 2 aliphatic rings. The van der Waals surface area contributed by atoms with Crippen LogP contribution in [0.15, 0.2) is 42.5 Å². The van der Waals surface area contributed by atoms with E-state index in [-0.39, 0.29) is 17.8 Å². The number of nitrogens with two attached hydrogens (primary N) is 1. The first-order valence-electron chi connectivity index (χ1n) is 12.1. The van der Waals surface area contributed by atoms with Crippen LogP contribution < -0.4 is 16.0 Å². The number of halogens is 3. The second-order valence-corrected chi connectivity index (χ2v) is 9.90. The molecule has 35 heavy (non-hydrogen) atoms. The molecule has 0 unspecified atom stereocenters. The highest BCUT2D eigenvalue weighted by Gasteiger charge is 2.33. The summed E-state index contributed by atoms with van der Waals surface area (Å²) >= 11 is 5.65. The van der Waals surface area contributed by atoms with Crippen LogP contribution in [0.3, 0.4) is 0 Å². The zero-order valence-electron chi connectivity index (χ0n) is 20.0. The van der Waals surface area contributed by atoms with Crippen LogP contribution in [0.2, 0.25) is 0 Å². The number of nitrogens with zero attached hydrogens (tertiary/aromatic N) is 2. The zero-order valence-corrected chi connectivity index (χ0v) is 20.8. The van der Waals surface area contributed by atoms with E-state index in [1.54, 1.807) is 6.07 Å². The lowest BCUT2D eigenvalue weighted by Gasteiger charge is -2.38. The molecule has 0 aromatic heterocycles. The van der Waals surface area contributed by atoms with E-state index in [4.69, 9.17) is 22.7 Å². The second kappa shape index (κ2) is 11.0. The highest BCUT2D eigenvalue weighted by molar-refractivity contribution is 7.80. The molecule has 190 valence electrons. The monoisotopic (exact) mass is 506 g/mol. The van der Waals surface area contributed by atoms with Crippen molar-refractivity contribution in [2.24, 2.45) is 0 Å². The topological polar surface area (TPSA) is 53.8 Å². The van der Waals surface area contributed by atoms with Crippen LogP contribution in [0, 0.1) is 6.92 Å². The van der Waals surface area contributed by atoms with Crippen LogP contribution in [0.25, 0.3) is 0 Å². The Kier molecular flexibility index (Phi) is 8.06. The average molecular weight is 507 g/mol. The van der Waals surface area contributed by atoms with E-state index >= 15 is 0 Å². The minimum absolute atomic E-state index is 0.112. The van der Waals surface area contributed by atoms with Crippen molar-refractivity contribution in [3.63, 3.8) is 0 Å². The van der Waals surface area contributed by atoms with Crippen molar-refractivity contribution in [2.45, 2.75) is 50.9 Å². The fourth-order valence-corrected chi connectivity index (χ4v) is 5.00. The molecule has 1 saturated carbocycles. The Morgan fingerprint density at radius 1 is 1.03 bits per heavy atom. The van der Waals surface area contributed by atoms with E-state index in [0.29, 0.717) is 12.3 Å². The molecule has 0 amide bonds. The molecule has 2 aromatic rings. The summed E-state index contributed by atoms with van der Waals surface area (Å²) in [5.74, 6) is 0. The molecule has 1 aliphatic carbocycles. The smallest absolute Gasteiger partial charge is 0.398 e. The van der Waals surface area contributed by atoms with E-state index in [0.717, 1.165) is 62.9 Å². The summed E-state index contributed by atoms with van der Waals surface area (Å²) in [6.07, 6.45) is -0.974. The van der Waals surface area contributed by atoms with Gasteiger partial charge in [0, 0.05) is 49.3 Å². The van der Waals surface area contributed by atoms with Crippen molar-refractivity contribution in [1.29, 1.82) is 0 Å². The number of hydrogen-bond acceptors (Lipinski definition) is 5. The normalized spacial score (nSPS) is 21.1. The van der Waals surface area contributed by atoms with Crippen LogP contribution in [-0.2, 0) is 10.9 Å². The molecular weight excluding hydrogens is 473 g/mol. The van der Waals surface area contributed by atoms with Gasteiger partial charge in [-0.3, -0.25) is 0 Å². The summed E-state index contributed by atoms with van der Waals surface area (Å²) in [6.45, 7) is 6.16. The largest absolute Gasteiger partial charge is 0.418 e. The average Bonchev–Trinajstić information content (AvgIpc) is 2.84.